The molecule has 1 saturated heterocycles. The number of nitrogens with zero attached hydrogens (tertiary/aromatic N) is 3. The lowest BCUT2D eigenvalue weighted by Gasteiger charge is -2.37. The Labute approximate surface area is 113 Å². The summed E-state index contributed by atoms with van der Waals surface area (Å²) in [6, 6.07) is 0.113. The molecule has 1 N–H and O–H groups in total. The number of hydrogen-bond acceptors (Lipinski definition) is 3. The van der Waals surface area contributed by atoms with Gasteiger partial charge in [0.15, 0.2) is 0 Å². The van der Waals surface area contributed by atoms with E-state index in [1.54, 1.807) is 0 Å². The molecule has 2 heterocycles. The third-order valence-corrected chi connectivity index (χ3v) is 3.61. The average molecular weight is 267 g/mol. The third-order valence-electron chi connectivity index (χ3n) is 3.61. The summed E-state index contributed by atoms with van der Waals surface area (Å²) in [6.45, 7) is 5.00. The number of aliphatic carboxylic acids is 1. The Balaban J connectivity index is 1.74. The largest absolute Gasteiger partial charge is 0.481 e. The highest BCUT2D eigenvalue weighted by Crippen LogP contribution is 2.09. The Hall–Kier alpha value is -1.56. The van der Waals surface area contributed by atoms with Crippen LogP contribution < -0.4 is 0 Å². The Bertz CT molecular complexity index is 362. The monoisotopic (exact) mass is 267 g/mol. The number of carboxylic acid groups (broad SMARTS) is 1. The van der Waals surface area contributed by atoms with Gasteiger partial charge in [-0.1, -0.05) is 12.2 Å². The number of urea groups is 1. The molecule has 2 aliphatic rings. The predicted molar refractivity (Wildman–Crippen MR) is 71.0 cm³/mol. The van der Waals surface area contributed by atoms with Crippen LogP contribution in [-0.4, -0.2) is 77.6 Å². The van der Waals surface area contributed by atoms with Crippen LogP contribution in [0.25, 0.3) is 0 Å². The highest BCUT2D eigenvalue weighted by molar-refractivity contribution is 5.75. The second-order valence-corrected chi connectivity index (χ2v) is 4.96. The van der Waals surface area contributed by atoms with Gasteiger partial charge in [-0.25, -0.2) is 4.79 Å². The maximum absolute atomic E-state index is 12.2. The van der Waals surface area contributed by atoms with E-state index in [4.69, 9.17) is 5.11 Å². The van der Waals surface area contributed by atoms with Gasteiger partial charge in [0.05, 0.1) is 6.42 Å². The quantitative estimate of drug-likeness (QED) is 0.755. The fraction of sp³-hybridized carbons (Fsp3) is 0.692. The van der Waals surface area contributed by atoms with Crippen LogP contribution in [0, 0.1) is 0 Å². The first-order valence-electron chi connectivity index (χ1n) is 6.80. The highest BCUT2D eigenvalue weighted by Gasteiger charge is 2.25. The van der Waals surface area contributed by atoms with E-state index >= 15 is 0 Å². The number of amides is 2. The number of carbonyl (C=O) groups is 2. The highest BCUT2D eigenvalue weighted by atomic mass is 16.4. The van der Waals surface area contributed by atoms with Gasteiger partial charge < -0.3 is 14.9 Å². The van der Waals surface area contributed by atoms with E-state index in [2.05, 4.69) is 11.0 Å². The first-order chi connectivity index (χ1) is 9.16. The van der Waals surface area contributed by atoms with Crippen LogP contribution in [0.3, 0.4) is 0 Å². The Morgan fingerprint density at radius 1 is 1.00 bits per heavy atom. The second-order valence-electron chi connectivity index (χ2n) is 4.96. The molecule has 0 aromatic heterocycles. The van der Waals surface area contributed by atoms with E-state index in [1.165, 1.54) is 0 Å². The topological polar surface area (TPSA) is 64.1 Å². The standard InChI is InChI=1S/C13H21N3O3/c17-12(18)4-7-14-8-10-16(11-9-14)13(19)15-5-2-1-3-6-15/h1-2H,3-11H2,(H,17,18). The molecule has 0 bridgehead atoms. The summed E-state index contributed by atoms with van der Waals surface area (Å²) in [5.74, 6) is -0.765. The number of hydrogen-bond donors (Lipinski definition) is 1. The molecule has 106 valence electrons. The van der Waals surface area contributed by atoms with Crippen LogP contribution in [0.15, 0.2) is 12.2 Å². The van der Waals surface area contributed by atoms with Gasteiger partial charge in [-0.05, 0) is 6.42 Å². The van der Waals surface area contributed by atoms with Crippen molar-refractivity contribution in [2.45, 2.75) is 12.8 Å². The van der Waals surface area contributed by atoms with Crippen molar-refractivity contribution in [3.8, 4) is 0 Å². The van der Waals surface area contributed by atoms with Crippen LogP contribution in [0.4, 0.5) is 4.79 Å². The van der Waals surface area contributed by atoms with Crippen molar-refractivity contribution in [1.82, 2.24) is 14.7 Å². The van der Waals surface area contributed by atoms with Crippen molar-refractivity contribution in [3.05, 3.63) is 12.2 Å². The zero-order valence-electron chi connectivity index (χ0n) is 11.1. The molecule has 19 heavy (non-hydrogen) atoms. The van der Waals surface area contributed by atoms with Gasteiger partial charge in [-0.15, -0.1) is 0 Å². The average Bonchev–Trinajstić information content (AvgIpc) is 2.46. The lowest BCUT2D eigenvalue weighted by atomic mass is 10.2. The van der Waals surface area contributed by atoms with Gasteiger partial charge in [0, 0.05) is 45.8 Å². The van der Waals surface area contributed by atoms with Crippen molar-refractivity contribution in [1.29, 1.82) is 0 Å². The maximum atomic E-state index is 12.2. The molecule has 0 unspecified atom stereocenters. The molecule has 0 radical (unpaired) electrons. The van der Waals surface area contributed by atoms with E-state index in [-0.39, 0.29) is 12.5 Å². The predicted octanol–water partition coefficient (Wildman–Crippen LogP) is 0.461. The fourth-order valence-electron chi connectivity index (χ4n) is 2.43. The molecular formula is C13H21N3O3. The lowest BCUT2D eigenvalue weighted by Crippen LogP contribution is -2.53. The number of carboxylic acids is 1. The van der Waals surface area contributed by atoms with E-state index in [9.17, 15) is 9.59 Å². The molecule has 0 aromatic rings. The maximum Gasteiger partial charge on any atom is 0.320 e. The first kappa shape index (κ1) is 13.9. The summed E-state index contributed by atoms with van der Waals surface area (Å²) in [5.41, 5.74) is 0. The van der Waals surface area contributed by atoms with Crippen LogP contribution in [0.1, 0.15) is 12.8 Å². The normalized spacial score (nSPS) is 20.6. The second kappa shape index (κ2) is 6.56. The van der Waals surface area contributed by atoms with Gasteiger partial charge in [0.25, 0.3) is 0 Å². The van der Waals surface area contributed by atoms with Gasteiger partial charge in [0.2, 0.25) is 0 Å². The van der Waals surface area contributed by atoms with Crippen LogP contribution in [0.2, 0.25) is 0 Å². The zero-order chi connectivity index (χ0) is 13.7. The number of piperazine rings is 1. The fourth-order valence-corrected chi connectivity index (χ4v) is 2.43. The third kappa shape index (κ3) is 3.96. The van der Waals surface area contributed by atoms with Crippen molar-refractivity contribution < 1.29 is 14.7 Å². The van der Waals surface area contributed by atoms with Gasteiger partial charge >= 0.3 is 12.0 Å². The summed E-state index contributed by atoms with van der Waals surface area (Å²) < 4.78 is 0. The van der Waals surface area contributed by atoms with Gasteiger partial charge in [-0.3, -0.25) is 9.69 Å². The summed E-state index contributed by atoms with van der Waals surface area (Å²) in [6.07, 6.45) is 5.24. The molecule has 2 amide bonds. The van der Waals surface area contributed by atoms with Crippen LogP contribution in [-0.2, 0) is 4.79 Å². The summed E-state index contributed by atoms with van der Waals surface area (Å²) in [4.78, 5) is 28.6. The first-order valence-corrected chi connectivity index (χ1v) is 6.80. The molecule has 0 saturated carbocycles. The smallest absolute Gasteiger partial charge is 0.320 e. The zero-order valence-corrected chi connectivity index (χ0v) is 11.1. The molecule has 0 atom stereocenters. The molecule has 0 aliphatic carbocycles. The molecule has 6 heteroatoms. The van der Waals surface area contributed by atoms with Crippen molar-refractivity contribution in [2.24, 2.45) is 0 Å². The van der Waals surface area contributed by atoms with Gasteiger partial charge in [-0.2, -0.15) is 0 Å². The summed E-state index contributed by atoms with van der Waals surface area (Å²) >= 11 is 0. The van der Waals surface area contributed by atoms with E-state index in [0.717, 1.165) is 26.1 Å². The number of rotatable bonds is 3. The minimum atomic E-state index is -0.765. The summed E-state index contributed by atoms with van der Waals surface area (Å²) in [5, 5.41) is 8.65. The van der Waals surface area contributed by atoms with Crippen molar-refractivity contribution in [3.63, 3.8) is 0 Å². The Kier molecular flexibility index (Phi) is 4.79. The molecule has 0 aromatic carbocycles. The molecule has 1 fully saturated rings. The van der Waals surface area contributed by atoms with Gasteiger partial charge in [0.1, 0.15) is 0 Å². The molecule has 2 rings (SSSR count). The van der Waals surface area contributed by atoms with Crippen molar-refractivity contribution in [2.75, 3.05) is 45.8 Å². The summed E-state index contributed by atoms with van der Waals surface area (Å²) in [7, 11) is 0. The van der Waals surface area contributed by atoms with E-state index in [1.807, 2.05) is 15.9 Å². The minimum Gasteiger partial charge on any atom is -0.481 e. The number of carbonyl (C=O) groups excluding carboxylic acids is 1. The Morgan fingerprint density at radius 2 is 1.74 bits per heavy atom. The molecular weight excluding hydrogens is 246 g/mol. The molecule has 2 aliphatic heterocycles. The Morgan fingerprint density at radius 3 is 2.32 bits per heavy atom. The lowest BCUT2D eigenvalue weighted by molar-refractivity contribution is -0.137. The minimum absolute atomic E-state index is 0.113. The molecule has 6 nitrogen and oxygen atoms in total. The van der Waals surface area contributed by atoms with E-state index < -0.39 is 5.97 Å². The van der Waals surface area contributed by atoms with Crippen molar-refractivity contribution >= 4 is 12.0 Å². The molecule has 0 spiro atoms. The van der Waals surface area contributed by atoms with Crippen LogP contribution >= 0.6 is 0 Å². The SMILES string of the molecule is O=C(O)CCN1CCN(C(=O)N2CC=CCC2)CC1. The van der Waals surface area contributed by atoms with E-state index in [0.29, 0.717) is 26.2 Å². The van der Waals surface area contributed by atoms with Crippen LogP contribution in [0.5, 0.6) is 0 Å².